The van der Waals surface area contributed by atoms with Gasteiger partial charge >= 0.3 is 0 Å². The fourth-order valence-electron chi connectivity index (χ4n) is 4.24. The van der Waals surface area contributed by atoms with Crippen molar-refractivity contribution in [2.75, 3.05) is 19.6 Å². The number of nitrogens with one attached hydrogen (secondary N) is 1. The molecule has 1 amide bonds. The standard InChI is InChI=1S/C21H28N4O.ClH/c26-21(20-12-15-25(23-20)19-8-4-13-22-16-19)24-14-5-9-18(24)11-10-17-6-2-1-3-7-17;/h1-3,6-7,12,15,18-19,22H,4-5,8-11,13-14,16H2;1H. The van der Waals surface area contributed by atoms with Crippen LogP contribution in [0, 0.1) is 0 Å². The van der Waals surface area contributed by atoms with Crippen LogP contribution in [0.25, 0.3) is 0 Å². The van der Waals surface area contributed by atoms with Crippen LogP contribution in [0.2, 0.25) is 0 Å². The van der Waals surface area contributed by atoms with E-state index >= 15 is 0 Å². The van der Waals surface area contributed by atoms with Crippen molar-refractivity contribution in [2.24, 2.45) is 0 Å². The van der Waals surface area contributed by atoms with Crippen molar-refractivity contribution in [3.05, 3.63) is 53.9 Å². The van der Waals surface area contributed by atoms with Gasteiger partial charge in [0.15, 0.2) is 0 Å². The van der Waals surface area contributed by atoms with Gasteiger partial charge in [-0.2, -0.15) is 5.10 Å². The van der Waals surface area contributed by atoms with Gasteiger partial charge in [0, 0.05) is 25.3 Å². The minimum Gasteiger partial charge on any atom is -0.334 e. The van der Waals surface area contributed by atoms with Gasteiger partial charge in [-0.3, -0.25) is 9.48 Å². The Morgan fingerprint density at radius 1 is 1.15 bits per heavy atom. The number of benzene rings is 1. The second-order valence-corrected chi connectivity index (χ2v) is 7.50. The Hall–Kier alpha value is -1.85. The number of hydrogen-bond donors (Lipinski definition) is 1. The Kier molecular flexibility index (Phi) is 6.91. The van der Waals surface area contributed by atoms with Crippen LogP contribution in [0.15, 0.2) is 42.6 Å². The van der Waals surface area contributed by atoms with Crippen molar-refractivity contribution in [3.63, 3.8) is 0 Å². The van der Waals surface area contributed by atoms with Gasteiger partial charge < -0.3 is 10.2 Å². The number of likely N-dealkylation sites (tertiary alicyclic amines) is 1. The Morgan fingerprint density at radius 3 is 2.78 bits per heavy atom. The molecule has 2 aliphatic rings. The van der Waals surface area contributed by atoms with Gasteiger partial charge in [0.1, 0.15) is 5.69 Å². The van der Waals surface area contributed by atoms with Crippen LogP contribution in [-0.4, -0.2) is 46.3 Å². The molecule has 1 N–H and O–H groups in total. The fourth-order valence-corrected chi connectivity index (χ4v) is 4.24. The molecule has 5 nitrogen and oxygen atoms in total. The number of amides is 1. The third-order valence-corrected chi connectivity index (χ3v) is 5.72. The van der Waals surface area contributed by atoms with Gasteiger partial charge in [-0.15, -0.1) is 12.4 Å². The Labute approximate surface area is 167 Å². The summed E-state index contributed by atoms with van der Waals surface area (Å²) in [7, 11) is 0. The zero-order chi connectivity index (χ0) is 17.8. The average Bonchev–Trinajstić information content (AvgIpc) is 3.37. The molecule has 0 radical (unpaired) electrons. The third kappa shape index (κ3) is 4.71. The van der Waals surface area contributed by atoms with E-state index in [-0.39, 0.29) is 18.3 Å². The van der Waals surface area contributed by atoms with Crippen LogP contribution in [0.3, 0.4) is 0 Å². The predicted molar refractivity (Wildman–Crippen MR) is 109 cm³/mol. The molecule has 2 saturated heterocycles. The summed E-state index contributed by atoms with van der Waals surface area (Å²) in [6, 6.07) is 13.2. The average molecular weight is 389 g/mol. The lowest BCUT2D eigenvalue weighted by Crippen LogP contribution is -2.36. The summed E-state index contributed by atoms with van der Waals surface area (Å²) < 4.78 is 1.98. The first-order valence-corrected chi connectivity index (χ1v) is 9.92. The number of rotatable bonds is 5. The minimum atomic E-state index is 0. The highest BCUT2D eigenvalue weighted by molar-refractivity contribution is 5.92. The first-order chi connectivity index (χ1) is 12.8. The van der Waals surface area contributed by atoms with Crippen molar-refractivity contribution in [3.8, 4) is 0 Å². The summed E-state index contributed by atoms with van der Waals surface area (Å²) >= 11 is 0. The Balaban J connectivity index is 0.00000210. The van der Waals surface area contributed by atoms with Crippen molar-refractivity contribution in [2.45, 2.75) is 50.6 Å². The van der Waals surface area contributed by atoms with Gasteiger partial charge in [-0.05, 0) is 56.7 Å². The van der Waals surface area contributed by atoms with Crippen molar-refractivity contribution < 1.29 is 4.79 Å². The molecule has 2 atom stereocenters. The van der Waals surface area contributed by atoms with Crippen molar-refractivity contribution in [1.29, 1.82) is 0 Å². The van der Waals surface area contributed by atoms with Gasteiger partial charge in [0.2, 0.25) is 0 Å². The summed E-state index contributed by atoms with van der Waals surface area (Å²) in [4.78, 5) is 15.0. The molecule has 3 heterocycles. The monoisotopic (exact) mass is 388 g/mol. The number of hydrogen-bond acceptors (Lipinski definition) is 3. The zero-order valence-electron chi connectivity index (χ0n) is 15.7. The molecule has 2 unspecified atom stereocenters. The van der Waals surface area contributed by atoms with Gasteiger partial charge in [0.05, 0.1) is 6.04 Å². The van der Waals surface area contributed by atoms with Crippen molar-refractivity contribution in [1.82, 2.24) is 20.0 Å². The van der Waals surface area contributed by atoms with E-state index < -0.39 is 0 Å². The van der Waals surface area contributed by atoms with Gasteiger partial charge in [0.25, 0.3) is 5.91 Å². The first-order valence-electron chi connectivity index (χ1n) is 9.92. The van der Waals surface area contributed by atoms with E-state index in [0.717, 1.165) is 51.7 Å². The number of carbonyl (C=O) groups is 1. The quantitative estimate of drug-likeness (QED) is 0.853. The number of nitrogens with zero attached hydrogens (tertiary/aromatic N) is 3. The molecule has 6 heteroatoms. The zero-order valence-corrected chi connectivity index (χ0v) is 16.5. The Bertz CT molecular complexity index is 727. The van der Waals surface area contributed by atoms with Gasteiger partial charge in [-0.25, -0.2) is 0 Å². The molecular formula is C21H29ClN4O. The van der Waals surface area contributed by atoms with E-state index in [2.05, 4.69) is 39.6 Å². The van der Waals surface area contributed by atoms with Gasteiger partial charge in [-0.1, -0.05) is 30.3 Å². The van der Waals surface area contributed by atoms with E-state index in [4.69, 9.17) is 0 Å². The summed E-state index contributed by atoms with van der Waals surface area (Å²) in [5.41, 5.74) is 1.95. The van der Waals surface area contributed by atoms with E-state index in [1.807, 2.05) is 23.0 Å². The van der Waals surface area contributed by atoms with Crippen LogP contribution < -0.4 is 5.32 Å². The lowest BCUT2D eigenvalue weighted by molar-refractivity contribution is 0.0723. The molecule has 27 heavy (non-hydrogen) atoms. The molecule has 2 aromatic rings. The molecule has 2 fully saturated rings. The fraction of sp³-hybridized carbons (Fsp3) is 0.524. The maximum absolute atomic E-state index is 13.0. The van der Waals surface area contributed by atoms with Crippen LogP contribution in [0.4, 0.5) is 0 Å². The van der Waals surface area contributed by atoms with E-state index in [0.29, 0.717) is 17.8 Å². The summed E-state index contributed by atoms with van der Waals surface area (Å²) in [5, 5.41) is 8.03. The summed E-state index contributed by atoms with van der Waals surface area (Å²) in [5.74, 6) is 0.100. The number of halogens is 1. The molecule has 0 aliphatic carbocycles. The molecular weight excluding hydrogens is 360 g/mol. The number of piperidine rings is 1. The molecule has 1 aromatic carbocycles. The lowest BCUT2D eigenvalue weighted by Gasteiger charge is -2.24. The molecule has 0 saturated carbocycles. The lowest BCUT2D eigenvalue weighted by atomic mass is 10.0. The normalized spacial score (nSPS) is 22.4. The van der Waals surface area contributed by atoms with E-state index in [1.165, 1.54) is 12.0 Å². The first kappa shape index (κ1) is 19.9. The highest BCUT2D eigenvalue weighted by atomic mass is 35.5. The minimum absolute atomic E-state index is 0. The van der Waals surface area contributed by atoms with Crippen LogP contribution in [0.5, 0.6) is 0 Å². The molecule has 0 bridgehead atoms. The topological polar surface area (TPSA) is 50.2 Å². The maximum atomic E-state index is 13.0. The Morgan fingerprint density at radius 2 is 2.00 bits per heavy atom. The highest BCUT2D eigenvalue weighted by Crippen LogP contribution is 2.24. The van der Waals surface area contributed by atoms with E-state index in [1.54, 1.807) is 0 Å². The molecule has 146 valence electrons. The summed E-state index contributed by atoms with van der Waals surface area (Å²) in [6.45, 7) is 2.88. The van der Waals surface area contributed by atoms with E-state index in [9.17, 15) is 4.79 Å². The number of carbonyl (C=O) groups excluding carboxylic acids is 1. The largest absolute Gasteiger partial charge is 0.334 e. The highest BCUT2D eigenvalue weighted by Gasteiger charge is 2.30. The SMILES string of the molecule is Cl.O=C(c1ccn(C2CCCNC2)n1)N1CCCC1CCc1ccccc1. The smallest absolute Gasteiger partial charge is 0.274 e. The summed E-state index contributed by atoms with van der Waals surface area (Å²) in [6.07, 6.45) is 8.53. The second-order valence-electron chi connectivity index (χ2n) is 7.50. The van der Waals surface area contributed by atoms with Crippen LogP contribution in [0.1, 0.15) is 54.2 Å². The molecule has 1 aromatic heterocycles. The second kappa shape index (κ2) is 9.38. The van der Waals surface area contributed by atoms with Crippen LogP contribution >= 0.6 is 12.4 Å². The molecule has 0 spiro atoms. The van der Waals surface area contributed by atoms with Crippen molar-refractivity contribution >= 4 is 18.3 Å². The number of aromatic nitrogens is 2. The molecule has 4 rings (SSSR count). The maximum Gasteiger partial charge on any atom is 0.274 e. The third-order valence-electron chi connectivity index (χ3n) is 5.72. The van der Waals surface area contributed by atoms with Crippen LogP contribution in [-0.2, 0) is 6.42 Å². The predicted octanol–water partition coefficient (Wildman–Crippen LogP) is 3.47. The molecule has 2 aliphatic heterocycles. The number of aryl methyl sites for hydroxylation is 1.